The number of nitrogens with zero attached hydrogens (tertiary/aromatic N) is 1. The van der Waals surface area contributed by atoms with Crippen molar-refractivity contribution in [1.82, 2.24) is 9.29 Å². The van der Waals surface area contributed by atoms with E-state index in [1.54, 1.807) is 48.9 Å². The number of aryl methyl sites for hydroxylation is 1. The molecule has 0 aliphatic rings. The zero-order valence-electron chi connectivity index (χ0n) is 15.8. The first-order valence-electron chi connectivity index (χ1n) is 8.76. The number of benzene rings is 2. The normalized spacial score (nSPS) is 12.8. The molecule has 0 unspecified atom stereocenters. The molecule has 0 aliphatic heterocycles. The quantitative estimate of drug-likeness (QED) is 0.603. The molecule has 3 aromatic rings. The van der Waals surface area contributed by atoms with Crippen LogP contribution in [-0.4, -0.2) is 32.7 Å². The second-order valence-corrected chi connectivity index (χ2v) is 8.96. The van der Waals surface area contributed by atoms with Gasteiger partial charge in [0.25, 0.3) is 0 Å². The number of nitrogens with one attached hydrogen (secondary N) is 1. The van der Waals surface area contributed by atoms with Crippen LogP contribution in [0.3, 0.4) is 0 Å². The van der Waals surface area contributed by atoms with E-state index in [9.17, 15) is 13.2 Å². The van der Waals surface area contributed by atoms with Crippen molar-refractivity contribution in [3.63, 3.8) is 0 Å². The van der Waals surface area contributed by atoms with Crippen LogP contribution in [-0.2, 0) is 16.6 Å². The van der Waals surface area contributed by atoms with E-state index in [0.29, 0.717) is 17.0 Å². The van der Waals surface area contributed by atoms with Gasteiger partial charge in [0, 0.05) is 6.54 Å². The minimum Gasteiger partial charge on any atom is -0.497 e. The highest BCUT2D eigenvalue weighted by Gasteiger charge is 2.19. The van der Waals surface area contributed by atoms with Crippen molar-refractivity contribution in [3.8, 4) is 11.5 Å². The summed E-state index contributed by atoms with van der Waals surface area (Å²) in [7, 11) is -2.15. The molecule has 1 aromatic heterocycles. The molecule has 1 atom stereocenters. The van der Waals surface area contributed by atoms with Crippen LogP contribution >= 0.6 is 11.3 Å². The second kappa shape index (κ2) is 8.34. The Balaban J connectivity index is 1.69. The van der Waals surface area contributed by atoms with E-state index in [-0.39, 0.29) is 16.4 Å². The van der Waals surface area contributed by atoms with E-state index < -0.39 is 16.1 Å². The molecule has 0 fully saturated rings. The average Bonchev–Trinajstić information content (AvgIpc) is 3.00. The van der Waals surface area contributed by atoms with Gasteiger partial charge < -0.3 is 9.47 Å². The molecular weight excluding hydrogens is 400 g/mol. The van der Waals surface area contributed by atoms with Crippen molar-refractivity contribution in [1.29, 1.82) is 0 Å². The van der Waals surface area contributed by atoms with Crippen molar-refractivity contribution in [2.45, 2.75) is 31.3 Å². The summed E-state index contributed by atoms with van der Waals surface area (Å²) < 4.78 is 41.0. The van der Waals surface area contributed by atoms with Crippen molar-refractivity contribution in [2.24, 2.45) is 0 Å². The Morgan fingerprint density at radius 3 is 2.46 bits per heavy atom. The van der Waals surface area contributed by atoms with Gasteiger partial charge in [-0.3, -0.25) is 9.36 Å². The number of hydrogen-bond donors (Lipinski definition) is 1. The van der Waals surface area contributed by atoms with Crippen LogP contribution in [0.4, 0.5) is 0 Å². The number of aromatic nitrogens is 1. The first kappa shape index (κ1) is 20.4. The first-order valence-corrected chi connectivity index (χ1v) is 11.1. The predicted octanol–water partition coefficient (Wildman–Crippen LogP) is 2.84. The van der Waals surface area contributed by atoms with Crippen molar-refractivity contribution in [2.75, 3.05) is 13.7 Å². The highest BCUT2D eigenvalue weighted by Crippen LogP contribution is 2.22. The molecule has 0 bridgehead atoms. The summed E-state index contributed by atoms with van der Waals surface area (Å²) in [6, 6.07) is 11.3. The third-order valence-corrected chi connectivity index (χ3v) is 6.71. The molecule has 0 saturated heterocycles. The lowest BCUT2D eigenvalue weighted by atomic mass is 10.3. The number of methoxy groups -OCH3 is 1. The standard InChI is InChI=1S/C19H22N2O5S2/c1-4-21-17-10-9-16(11-18(17)27-19(21)22)28(23,24)20-13(2)12-26-15-7-5-14(25-3)6-8-15/h5-11,13,20H,4,12H2,1-3H3/t13-/m0/s1. The molecule has 0 amide bonds. The maximum Gasteiger partial charge on any atom is 0.308 e. The molecule has 0 spiro atoms. The third kappa shape index (κ3) is 4.37. The average molecular weight is 423 g/mol. The van der Waals surface area contributed by atoms with E-state index in [4.69, 9.17) is 9.47 Å². The minimum atomic E-state index is -3.73. The molecule has 28 heavy (non-hydrogen) atoms. The van der Waals surface area contributed by atoms with Crippen LogP contribution in [0.15, 0.2) is 52.2 Å². The van der Waals surface area contributed by atoms with Gasteiger partial charge in [0.2, 0.25) is 10.0 Å². The van der Waals surface area contributed by atoms with Gasteiger partial charge in [-0.15, -0.1) is 0 Å². The molecular formula is C19H22N2O5S2. The molecule has 1 N–H and O–H groups in total. The van der Waals surface area contributed by atoms with Crippen molar-refractivity contribution >= 4 is 31.6 Å². The largest absolute Gasteiger partial charge is 0.497 e. The van der Waals surface area contributed by atoms with E-state index in [0.717, 1.165) is 22.6 Å². The number of ether oxygens (including phenoxy) is 2. The van der Waals surface area contributed by atoms with Gasteiger partial charge in [-0.05, 0) is 56.3 Å². The summed E-state index contributed by atoms with van der Waals surface area (Å²) in [6.45, 7) is 4.33. The number of rotatable bonds is 8. The lowest BCUT2D eigenvalue weighted by Crippen LogP contribution is -2.36. The Bertz CT molecular complexity index is 1120. The van der Waals surface area contributed by atoms with Crippen LogP contribution in [0, 0.1) is 0 Å². The monoisotopic (exact) mass is 422 g/mol. The summed E-state index contributed by atoms with van der Waals surface area (Å²) in [5.74, 6) is 1.34. The zero-order chi connectivity index (χ0) is 20.3. The fourth-order valence-electron chi connectivity index (χ4n) is 2.77. The summed E-state index contributed by atoms with van der Waals surface area (Å²) >= 11 is 1.04. The summed E-state index contributed by atoms with van der Waals surface area (Å²) in [5.41, 5.74) is 0.743. The molecule has 1 heterocycles. The Labute approximate surface area is 167 Å². The number of fused-ring (bicyclic) bond motifs is 1. The Morgan fingerprint density at radius 2 is 1.82 bits per heavy atom. The molecule has 7 nitrogen and oxygen atoms in total. The topological polar surface area (TPSA) is 86.6 Å². The van der Waals surface area contributed by atoms with E-state index >= 15 is 0 Å². The summed E-state index contributed by atoms with van der Waals surface area (Å²) in [5, 5.41) is 0. The molecule has 0 saturated carbocycles. The zero-order valence-corrected chi connectivity index (χ0v) is 17.5. The van der Waals surface area contributed by atoms with Crippen molar-refractivity contribution in [3.05, 3.63) is 52.1 Å². The first-order chi connectivity index (χ1) is 13.3. The van der Waals surface area contributed by atoms with E-state index in [1.807, 2.05) is 6.92 Å². The lowest BCUT2D eigenvalue weighted by Gasteiger charge is -2.15. The SMILES string of the molecule is CCn1c(=O)sc2cc(S(=O)(=O)N[C@@H](C)COc3ccc(OC)cc3)ccc21. The number of thiazole rings is 1. The van der Waals surface area contributed by atoms with Crippen LogP contribution < -0.4 is 19.1 Å². The molecule has 150 valence electrons. The highest BCUT2D eigenvalue weighted by molar-refractivity contribution is 7.89. The van der Waals surface area contributed by atoms with Crippen LogP contribution in [0.2, 0.25) is 0 Å². The molecule has 9 heteroatoms. The van der Waals surface area contributed by atoms with Gasteiger partial charge in [0.05, 0.1) is 28.3 Å². The fraction of sp³-hybridized carbons (Fsp3) is 0.316. The van der Waals surface area contributed by atoms with E-state index in [1.165, 1.54) is 12.1 Å². The Morgan fingerprint density at radius 1 is 1.14 bits per heavy atom. The van der Waals surface area contributed by atoms with Gasteiger partial charge >= 0.3 is 4.87 Å². The molecule has 0 aliphatic carbocycles. The fourth-order valence-corrected chi connectivity index (χ4v) is 5.10. The number of sulfonamides is 1. The van der Waals surface area contributed by atoms with Gasteiger partial charge in [-0.2, -0.15) is 0 Å². The van der Waals surface area contributed by atoms with Gasteiger partial charge in [0.1, 0.15) is 18.1 Å². The molecule has 2 aromatic carbocycles. The van der Waals surface area contributed by atoms with Gasteiger partial charge in [0.15, 0.2) is 0 Å². The molecule has 0 radical (unpaired) electrons. The maximum atomic E-state index is 12.7. The second-order valence-electron chi connectivity index (χ2n) is 6.25. The van der Waals surface area contributed by atoms with Crippen LogP contribution in [0.1, 0.15) is 13.8 Å². The van der Waals surface area contributed by atoms with Crippen LogP contribution in [0.25, 0.3) is 10.2 Å². The Kier molecular flexibility index (Phi) is 6.07. The minimum absolute atomic E-state index is 0.0960. The lowest BCUT2D eigenvalue weighted by molar-refractivity contribution is 0.287. The van der Waals surface area contributed by atoms with Crippen LogP contribution in [0.5, 0.6) is 11.5 Å². The highest BCUT2D eigenvalue weighted by atomic mass is 32.2. The summed E-state index contributed by atoms with van der Waals surface area (Å²) in [4.78, 5) is 12.0. The summed E-state index contributed by atoms with van der Waals surface area (Å²) in [6.07, 6.45) is 0. The molecule has 3 rings (SSSR count). The maximum absolute atomic E-state index is 12.7. The number of hydrogen-bond acceptors (Lipinski definition) is 6. The smallest absolute Gasteiger partial charge is 0.308 e. The predicted molar refractivity (Wildman–Crippen MR) is 110 cm³/mol. The Hall–Kier alpha value is -2.36. The third-order valence-electron chi connectivity index (χ3n) is 4.18. The van der Waals surface area contributed by atoms with Crippen molar-refractivity contribution < 1.29 is 17.9 Å². The van der Waals surface area contributed by atoms with Gasteiger partial charge in [-0.1, -0.05) is 11.3 Å². The van der Waals surface area contributed by atoms with Gasteiger partial charge in [-0.25, -0.2) is 13.1 Å². The van der Waals surface area contributed by atoms with E-state index in [2.05, 4.69) is 4.72 Å².